The standard InChI is InChI=1S/C22H22BrF3N2O3S/c1-32(30,31)19-9-7-15(12-18(19)22(24,25)26)17(11-14-5-3-2-4-6-14)21(29)28-20-10-8-16(23)13-27-20/h7-14H,2-6H2,1H3,(H,27,28,29)/b17-11+. The van der Waals surface area contributed by atoms with Crippen molar-refractivity contribution in [2.75, 3.05) is 11.6 Å². The Morgan fingerprint density at radius 2 is 1.84 bits per heavy atom. The molecule has 1 heterocycles. The van der Waals surface area contributed by atoms with Crippen molar-refractivity contribution in [1.82, 2.24) is 4.98 Å². The van der Waals surface area contributed by atoms with Crippen LogP contribution in [-0.4, -0.2) is 25.6 Å². The number of aromatic nitrogens is 1. The number of benzene rings is 1. The van der Waals surface area contributed by atoms with E-state index in [0.29, 0.717) is 4.47 Å². The van der Waals surface area contributed by atoms with Crippen molar-refractivity contribution in [3.05, 3.63) is 58.2 Å². The Hall–Kier alpha value is -2.20. The van der Waals surface area contributed by atoms with Crippen LogP contribution in [0.2, 0.25) is 0 Å². The molecule has 1 fully saturated rings. The van der Waals surface area contributed by atoms with Crippen LogP contribution >= 0.6 is 15.9 Å². The van der Waals surface area contributed by atoms with Crippen LogP contribution in [-0.2, 0) is 20.8 Å². The first kappa shape index (κ1) is 24.4. The fraction of sp³-hybridized carbons (Fsp3) is 0.364. The zero-order chi connectivity index (χ0) is 23.5. The van der Waals surface area contributed by atoms with Crippen molar-refractivity contribution >= 4 is 43.1 Å². The van der Waals surface area contributed by atoms with Gasteiger partial charge in [-0.15, -0.1) is 0 Å². The fourth-order valence-corrected chi connectivity index (χ4v) is 4.84. The van der Waals surface area contributed by atoms with E-state index in [1.54, 1.807) is 18.2 Å². The third-order valence-corrected chi connectivity index (χ3v) is 6.89. The van der Waals surface area contributed by atoms with E-state index in [2.05, 4.69) is 26.2 Å². The van der Waals surface area contributed by atoms with Gasteiger partial charge in [0.25, 0.3) is 5.91 Å². The molecule has 32 heavy (non-hydrogen) atoms. The largest absolute Gasteiger partial charge is 0.417 e. The lowest BCUT2D eigenvalue weighted by Crippen LogP contribution is -2.18. The van der Waals surface area contributed by atoms with Gasteiger partial charge in [0.05, 0.1) is 10.5 Å². The lowest BCUT2D eigenvalue weighted by molar-refractivity contribution is -0.139. The molecule has 1 saturated carbocycles. The summed E-state index contributed by atoms with van der Waals surface area (Å²) in [6.07, 6.45) is 3.72. The van der Waals surface area contributed by atoms with Crippen LogP contribution in [0.3, 0.4) is 0 Å². The smallest absolute Gasteiger partial charge is 0.307 e. The number of hydrogen-bond acceptors (Lipinski definition) is 4. The molecule has 10 heteroatoms. The summed E-state index contributed by atoms with van der Waals surface area (Å²) in [7, 11) is -4.11. The molecule has 0 aliphatic heterocycles. The van der Waals surface area contributed by atoms with Crippen LogP contribution in [0.4, 0.5) is 19.0 Å². The Morgan fingerprint density at radius 1 is 1.16 bits per heavy atom. The number of sulfone groups is 1. The molecule has 1 aromatic heterocycles. The van der Waals surface area contributed by atoms with Crippen LogP contribution in [0.1, 0.15) is 43.2 Å². The highest BCUT2D eigenvalue weighted by molar-refractivity contribution is 9.10. The summed E-state index contributed by atoms with van der Waals surface area (Å²) in [6, 6.07) is 6.13. The molecular weight excluding hydrogens is 509 g/mol. The Balaban J connectivity index is 2.07. The highest BCUT2D eigenvalue weighted by Crippen LogP contribution is 2.37. The average molecular weight is 531 g/mol. The molecule has 1 N–H and O–H groups in total. The molecule has 1 aromatic carbocycles. The van der Waals surface area contributed by atoms with Crippen LogP contribution in [0.5, 0.6) is 0 Å². The van der Waals surface area contributed by atoms with Crippen LogP contribution in [0, 0.1) is 5.92 Å². The zero-order valence-electron chi connectivity index (χ0n) is 17.2. The maximum absolute atomic E-state index is 13.7. The molecule has 1 aliphatic rings. The molecular formula is C22H22BrF3N2O3S. The second-order valence-corrected chi connectivity index (χ2v) is 10.7. The first-order valence-corrected chi connectivity index (χ1v) is 12.7. The summed E-state index contributed by atoms with van der Waals surface area (Å²) >= 11 is 3.25. The maximum Gasteiger partial charge on any atom is 0.417 e. The van der Waals surface area contributed by atoms with E-state index in [-0.39, 0.29) is 22.9 Å². The number of nitrogens with zero attached hydrogens (tertiary/aromatic N) is 1. The van der Waals surface area contributed by atoms with Gasteiger partial charge < -0.3 is 5.32 Å². The van der Waals surface area contributed by atoms with Crippen molar-refractivity contribution < 1.29 is 26.4 Å². The molecule has 5 nitrogen and oxygen atoms in total. The number of allylic oxidation sites excluding steroid dienone is 1. The summed E-state index contributed by atoms with van der Waals surface area (Å²) in [5.74, 6) is -0.312. The summed E-state index contributed by atoms with van der Waals surface area (Å²) in [4.78, 5) is 16.3. The predicted octanol–water partition coefficient (Wildman–Crippen LogP) is 5.87. The van der Waals surface area contributed by atoms with Crippen LogP contribution < -0.4 is 5.32 Å². The second-order valence-electron chi connectivity index (χ2n) is 7.78. The molecule has 172 valence electrons. The van der Waals surface area contributed by atoms with Crippen molar-refractivity contribution in [2.45, 2.75) is 43.2 Å². The first-order valence-electron chi connectivity index (χ1n) is 10.0. The minimum atomic E-state index is -4.89. The van der Waals surface area contributed by atoms with Crippen molar-refractivity contribution in [3.63, 3.8) is 0 Å². The van der Waals surface area contributed by atoms with Gasteiger partial charge in [0.2, 0.25) is 0 Å². The summed E-state index contributed by atoms with van der Waals surface area (Å²) in [5, 5.41) is 2.62. The Morgan fingerprint density at radius 3 is 2.41 bits per heavy atom. The number of hydrogen-bond donors (Lipinski definition) is 1. The molecule has 0 atom stereocenters. The van der Waals surface area contributed by atoms with Gasteiger partial charge in [-0.3, -0.25) is 4.79 Å². The number of rotatable bonds is 5. The molecule has 0 radical (unpaired) electrons. The van der Waals surface area contributed by atoms with E-state index in [1.807, 2.05) is 0 Å². The average Bonchev–Trinajstić information content (AvgIpc) is 2.72. The molecule has 1 aliphatic carbocycles. The van der Waals surface area contributed by atoms with E-state index in [9.17, 15) is 26.4 Å². The minimum absolute atomic E-state index is 0.00455. The van der Waals surface area contributed by atoms with Gasteiger partial charge in [0, 0.05) is 22.5 Å². The van der Waals surface area contributed by atoms with Gasteiger partial charge in [0.15, 0.2) is 9.84 Å². The topological polar surface area (TPSA) is 76.1 Å². The number of nitrogens with one attached hydrogen (secondary N) is 1. The second kappa shape index (κ2) is 9.74. The highest BCUT2D eigenvalue weighted by atomic mass is 79.9. The monoisotopic (exact) mass is 530 g/mol. The Labute approximate surface area is 193 Å². The fourth-order valence-electron chi connectivity index (χ4n) is 3.72. The lowest BCUT2D eigenvalue weighted by atomic mass is 9.86. The Kier molecular flexibility index (Phi) is 7.44. The van der Waals surface area contributed by atoms with E-state index in [0.717, 1.165) is 50.5 Å². The quantitative estimate of drug-likeness (QED) is 0.490. The zero-order valence-corrected chi connectivity index (χ0v) is 19.6. The predicted molar refractivity (Wildman–Crippen MR) is 120 cm³/mol. The normalized spacial score (nSPS) is 16.1. The Bertz CT molecular complexity index is 1120. The van der Waals surface area contributed by atoms with E-state index < -0.39 is 32.4 Å². The van der Waals surface area contributed by atoms with E-state index in [1.165, 1.54) is 12.3 Å². The molecule has 0 spiro atoms. The molecule has 3 rings (SSSR count). The summed E-state index contributed by atoms with van der Waals surface area (Å²) in [6.45, 7) is 0. The number of amides is 1. The van der Waals surface area contributed by atoms with Crippen molar-refractivity contribution in [2.24, 2.45) is 5.92 Å². The van der Waals surface area contributed by atoms with Gasteiger partial charge in [-0.05, 0) is 64.5 Å². The molecule has 0 saturated heterocycles. The third kappa shape index (κ3) is 6.19. The number of alkyl halides is 3. The highest BCUT2D eigenvalue weighted by Gasteiger charge is 2.37. The number of carbonyl (C=O) groups is 1. The number of halogens is 4. The van der Waals surface area contributed by atoms with Crippen LogP contribution in [0.25, 0.3) is 5.57 Å². The van der Waals surface area contributed by atoms with Crippen molar-refractivity contribution in [3.8, 4) is 0 Å². The molecule has 0 unspecified atom stereocenters. The van der Waals surface area contributed by atoms with Gasteiger partial charge >= 0.3 is 6.18 Å². The summed E-state index contributed by atoms with van der Waals surface area (Å²) < 4.78 is 65.5. The van der Waals surface area contributed by atoms with Gasteiger partial charge in [-0.1, -0.05) is 31.4 Å². The number of pyridine rings is 1. The SMILES string of the molecule is CS(=O)(=O)c1ccc(/C(=C\C2CCCCC2)C(=O)Nc2ccc(Br)cn2)cc1C(F)(F)F. The van der Waals surface area contributed by atoms with Gasteiger partial charge in [0.1, 0.15) is 5.82 Å². The minimum Gasteiger partial charge on any atom is -0.307 e. The third-order valence-electron chi connectivity index (χ3n) is 5.26. The number of carbonyl (C=O) groups excluding carboxylic acids is 1. The lowest BCUT2D eigenvalue weighted by Gasteiger charge is -2.20. The number of anilines is 1. The van der Waals surface area contributed by atoms with Gasteiger partial charge in [-0.25, -0.2) is 13.4 Å². The molecule has 2 aromatic rings. The van der Waals surface area contributed by atoms with E-state index in [4.69, 9.17) is 0 Å². The summed E-state index contributed by atoms with van der Waals surface area (Å²) in [5.41, 5.74) is -1.22. The van der Waals surface area contributed by atoms with Crippen LogP contribution in [0.15, 0.2) is 52.0 Å². The van der Waals surface area contributed by atoms with Crippen molar-refractivity contribution in [1.29, 1.82) is 0 Å². The van der Waals surface area contributed by atoms with E-state index >= 15 is 0 Å². The first-order chi connectivity index (χ1) is 14.9. The maximum atomic E-state index is 13.7. The molecule has 0 bridgehead atoms. The van der Waals surface area contributed by atoms with Gasteiger partial charge in [-0.2, -0.15) is 13.2 Å². The molecule has 1 amide bonds.